The highest BCUT2D eigenvalue weighted by Crippen LogP contribution is 2.34. The second kappa shape index (κ2) is 7.07. The summed E-state index contributed by atoms with van der Waals surface area (Å²) in [6.45, 7) is 5.07. The fraction of sp³-hybridized carbons (Fsp3) is 0.632. The first kappa shape index (κ1) is 18.7. The fourth-order valence-corrected chi connectivity index (χ4v) is 6.01. The molecule has 0 radical (unpaired) electrons. The van der Waals surface area contributed by atoms with E-state index in [0.717, 1.165) is 25.9 Å². The van der Waals surface area contributed by atoms with Crippen molar-refractivity contribution in [2.45, 2.75) is 55.6 Å². The van der Waals surface area contributed by atoms with Gasteiger partial charge >= 0.3 is 0 Å². The van der Waals surface area contributed by atoms with Crippen LogP contribution in [-0.2, 0) is 14.8 Å². The Morgan fingerprint density at radius 3 is 2.44 bits per heavy atom. The molecule has 8 heteroatoms. The van der Waals surface area contributed by atoms with Gasteiger partial charge in [-0.3, -0.25) is 9.69 Å². The number of carbonyl (C=O) groups is 1. The van der Waals surface area contributed by atoms with E-state index in [9.17, 15) is 13.2 Å². The zero-order valence-corrected chi connectivity index (χ0v) is 16.6. The molecule has 1 spiro atoms. The molecule has 2 fully saturated rings. The molecule has 1 aromatic rings. The van der Waals surface area contributed by atoms with Crippen LogP contribution in [0.3, 0.4) is 0 Å². The molecule has 4 rings (SSSR count). The zero-order valence-electron chi connectivity index (χ0n) is 15.8. The van der Waals surface area contributed by atoms with Crippen molar-refractivity contribution in [3.63, 3.8) is 0 Å². The van der Waals surface area contributed by atoms with E-state index in [1.54, 1.807) is 18.2 Å². The molecule has 2 saturated heterocycles. The molecule has 3 aliphatic rings. The van der Waals surface area contributed by atoms with Crippen molar-refractivity contribution in [2.24, 2.45) is 0 Å². The second-order valence-electron chi connectivity index (χ2n) is 7.91. The quantitative estimate of drug-likeness (QED) is 0.799. The van der Waals surface area contributed by atoms with Crippen LogP contribution in [0.4, 0.5) is 5.69 Å². The molecule has 3 aliphatic heterocycles. The third kappa shape index (κ3) is 3.58. The molecule has 1 atom stereocenters. The number of hydrogen-bond donors (Lipinski definition) is 2. The molecule has 2 N–H and O–H groups in total. The number of carbonyl (C=O) groups excluding carboxylic acids is 1. The average Bonchev–Trinajstić information content (AvgIpc) is 2.67. The third-order valence-electron chi connectivity index (χ3n) is 6.10. The van der Waals surface area contributed by atoms with Gasteiger partial charge in [-0.05, 0) is 45.0 Å². The Bertz CT molecular complexity index is 812. The van der Waals surface area contributed by atoms with Gasteiger partial charge in [0.15, 0.2) is 0 Å². The number of amides is 1. The van der Waals surface area contributed by atoms with Gasteiger partial charge in [0.25, 0.3) is 0 Å². The third-order valence-corrected chi connectivity index (χ3v) is 7.70. The van der Waals surface area contributed by atoms with Crippen LogP contribution in [0.1, 0.15) is 39.0 Å². The predicted octanol–water partition coefficient (Wildman–Crippen LogP) is 1.58. The Labute approximate surface area is 161 Å². The summed E-state index contributed by atoms with van der Waals surface area (Å²) >= 11 is 0. The van der Waals surface area contributed by atoms with Crippen LogP contribution in [0.5, 0.6) is 0 Å². The van der Waals surface area contributed by atoms with Gasteiger partial charge in [0.2, 0.25) is 15.9 Å². The summed E-state index contributed by atoms with van der Waals surface area (Å²) in [5.41, 5.74) is -0.0732. The van der Waals surface area contributed by atoms with Crippen LogP contribution < -0.4 is 10.0 Å². The minimum Gasteiger partial charge on any atom is -0.365 e. The van der Waals surface area contributed by atoms with Gasteiger partial charge < -0.3 is 10.2 Å². The smallest absolute Gasteiger partial charge is 0.244 e. The number of hydrogen-bond acceptors (Lipinski definition) is 5. The Kier molecular flexibility index (Phi) is 4.90. The summed E-state index contributed by atoms with van der Waals surface area (Å²) in [4.78, 5) is 17.4. The maximum Gasteiger partial charge on any atom is 0.244 e. The number of piperidine rings is 2. The number of fused-ring (bicyclic) bond motifs is 1. The molecule has 0 saturated carbocycles. The monoisotopic (exact) mass is 392 g/mol. The first-order chi connectivity index (χ1) is 12.9. The Balaban J connectivity index is 1.44. The summed E-state index contributed by atoms with van der Waals surface area (Å²) in [5, 5.41) is 3.38. The lowest BCUT2D eigenvalue weighted by molar-refractivity contribution is -0.138. The molecule has 148 valence electrons. The molecule has 7 nitrogen and oxygen atoms in total. The first-order valence-corrected chi connectivity index (χ1v) is 11.3. The summed E-state index contributed by atoms with van der Waals surface area (Å²) in [6.07, 6.45) is 4.67. The van der Waals surface area contributed by atoms with Crippen molar-refractivity contribution < 1.29 is 13.2 Å². The van der Waals surface area contributed by atoms with Crippen molar-refractivity contribution in [2.75, 3.05) is 31.5 Å². The van der Waals surface area contributed by atoms with E-state index < -0.39 is 15.7 Å². The number of sulfonamides is 1. The molecule has 1 amide bonds. The van der Waals surface area contributed by atoms with Crippen LogP contribution in [-0.4, -0.2) is 62.0 Å². The van der Waals surface area contributed by atoms with E-state index in [1.807, 2.05) is 17.9 Å². The van der Waals surface area contributed by atoms with Crippen molar-refractivity contribution >= 4 is 21.6 Å². The molecule has 0 aromatic heterocycles. The van der Waals surface area contributed by atoms with Gasteiger partial charge in [0.1, 0.15) is 10.6 Å². The van der Waals surface area contributed by atoms with Gasteiger partial charge in [-0.25, -0.2) is 8.42 Å². The average molecular weight is 393 g/mol. The van der Waals surface area contributed by atoms with Crippen LogP contribution in [0.25, 0.3) is 0 Å². The predicted molar refractivity (Wildman–Crippen MR) is 104 cm³/mol. The highest BCUT2D eigenvalue weighted by Gasteiger charge is 2.44. The molecule has 3 heterocycles. The van der Waals surface area contributed by atoms with Crippen LogP contribution in [0.2, 0.25) is 0 Å². The molecule has 1 unspecified atom stereocenters. The normalized spacial score (nSPS) is 25.4. The zero-order chi connectivity index (χ0) is 19.1. The van der Waals surface area contributed by atoms with Crippen LogP contribution in [0.15, 0.2) is 29.2 Å². The topological polar surface area (TPSA) is 81.8 Å². The molecule has 27 heavy (non-hydrogen) atoms. The van der Waals surface area contributed by atoms with Gasteiger partial charge in [0.05, 0.1) is 11.7 Å². The fourth-order valence-electron chi connectivity index (χ4n) is 4.46. The lowest BCUT2D eigenvalue weighted by Crippen LogP contribution is -2.63. The van der Waals surface area contributed by atoms with Crippen molar-refractivity contribution in [3.8, 4) is 0 Å². The van der Waals surface area contributed by atoms with E-state index in [0.29, 0.717) is 31.6 Å². The molecule has 0 aliphatic carbocycles. The minimum absolute atomic E-state index is 0.101. The van der Waals surface area contributed by atoms with Crippen LogP contribution in [0, 0.1) is 0 Å². The number of benzene rings is 1. The molecule has 1 aromatic carbocycles. The Hall–Kier alpha value is -1.64. The van der Waals surface area contributed by atoms with E-state index >= 15 is 0 Å². The number of nitrogens with one attached hydrogen (secondary N) is 2. The summed E-state index contributed by atoms with van der Waals surface area (Å²) in [5.74, 6) is 0.158. The van der Waals surface area contributed by atoms with E-state index in [-0.39, 0.29) is 16.8 Å². The lowest BCUT2D eigenvalue weighted by atomic mass is 9.96. The summed E-state index contributed by atoms with van der Waals surface area (Å²) in [6, 6.07) is 6.86. The Morgan fingerprint density at radius 1 is 1.07 bits per heavy atom. The number of rotatable bonds is 2. The van der Waals surface area contributed by atoms with Gasteiger partial charge in [0, 0.05) is 25.9 Å². The van der Waals surface area contributed by atoms with Crippen molar-refractivity contribution in [1.29, 1.82) is 0 Å². The second-order valence-corrected chi connectivity index (χ2v) is 9.56. The SMILES string of the molecule is CC(C(=O)N1CCC2(CC1)Nc1ccccc1S(=O)(=O)N2)N1CCCCC1. The van der Waals surface area contributed by atoms with Crippen molar-refractivity contribution in [3.05, 3.63) is 24.3 Å². The van der Waals surface area contributed by atoms with E-state index in [2.05, 4.69) is 14.9 Å². The Morgan fingerprint density at radius 2 is 1.74 bits per heavy atom. The highest BCUT2D eigenvalue weighted by molar-refractivity contribution is 7.89. The highest BCUT2D eigenvalue weighted by atomic mass is 32.2. The number of anilines is 1. The van der Waals surface area contributed by atoms with Gasteiger partial charge in [-0.15, -0.1) is 0 Å². The van der Waals surface area contributed by atoms with Crippen molar-refractivity contribution in [1.82, 2.24) is 14.5 Å². The minimum atomic E-state index is -3.55. The molecule has 0 bridgehead atoms. The number of likely N-dealkylation sites (tertiary alicyclic amines) is 2. The maximum atomic E-state index is 12.9. The largest absolute Gasteiger partial charge is 0.365 e. The standard InChI is InChI=1S/C19H28N4O3S/c1-15(22-11-5-2-6-12-22)18(24)23-13-9-19(10-14-23)20-16-7-3-4-8-17(16)27(25,26)21-19/h3-4,7-8,15,20-21H,2,5-6,9-14H2,1H3. The maximum absolute atomic E-state index is 12.9. The summed E-state index contributed by atoms with van der Waals surface area (Å²) in [7, 11) is -3.55. The van der Waals surface area contributed by atoms with Gasteiger partial charge in [-0.2, -0.15) is 4.72 Å². The van der Waals surface area contributed by atoms with Crippen LogP contribution >= 0.6 is 0 Å². The van der Waals surface area contributed by atoms with Gasteiger partial charge in [-0.1, -0.05) is 18.6 Å². The van der Waals surface area contributed by atoms with E-state index in [4.69, 9.17) is 0 Å². The number of para-hydroxylation sites is 1. The molecular formula is C19H28N4O3S. The summed E-state index contributed by atoms with van der Waals surface area (Å²) < 4.78 is 28.1. The number of nitrogens with zero attached hydrogens (tertiary/aromatic N) is 2. The lowest BCUT2D eigenvalue weighted by Gasteiger charge is -2.46. The first-order valence-electron chi connectivity index (χ1n) is 9.84. The van der Waals surface area contributed by atoms with E-state index in [1.165, 1.54) is 6.42 Å². The molecular weight excluding hydrogens is 364 g/mol.